The quantitative estimate of drug-likeness (QED) is 0.666. The molecule has 0 saturated heterocycles. The van der Waals surface area contributed by atoms with Gasteiger partial charge in [-0.05, 0) is 25.5 Å². The SMILES string of the molecule is COCCCOCCN[C@H](C)c1ccccn1. The van der Waals surface area contributed by atoms with E-state index in [0.29, 0.717) is 0 Å². The van der Waals surface area contributed by atoms with Crippen LogP contribution in [-0.4, -0.2) is 38.5 Å². The molecule has 4 nitrogen and oxygen atoms in total. The van der Waals surface area contributed by atoms with Gasteiger partial charge in [-0.15, -0.1) is 0 Å². The fourth-order valence-electron chi connectivity index (χ4n) is 1.49. The molecule has 1 aromatic heterocycles. The molecule has 1 heterocycles. The third-order valence-corrected chi connectivity index (χ3v) is 2.47. The first-order valence-corrected chi connectivity index (χ1v) is 6.05. The minimum Gasteiger partial charge on any atom is -0.385 e. The fourth-order valence-corrected chi connectivity index (χ4v) is 1.49. The van der Waals surface area contributed by atoms with Crippen molar-refractivity contribution in [1.82, 2.24) is 10.3 Å². The van der Waals surface area contributed by atoms with Crippen LogP contribution in [0.1, 0.15) is 25.1 Å². The van der Waals surface area contributed by atoms with Crippen molar-refractivity contribution in [3.63, 3.8) is 0 Å². The molecule has 0 bridgehead atoms. The predicted molar refractivity (Wildman–Crippen MR) is 68.0 cm³/mol. The summed E-state index contributed by atoms with van der Waals surface area (Å²) in [6, 6.07) is 6.22. The molecule has 17 heavy (non-hydrogen) atoms. The lowest BCUT2D eigenvalue weighted by molar-refractivity contribution is 0.103. The minimum atomic E-state index is 0.263. The van der Waals surface area contributed by atoms with Crippen molar-refractivity contribution in [2.75, 3.05) is 33.5 Å². The van der Waals surface area contributed by atoms with Crippen molar-refractivity contribution in [3.05, 3.63) is 30.1 Å². The second kappa shape index (κ2) is 9.10. The maximum atomic E-state index is 5.46. The van der Waals surface area contributed by atoms with Crippen LogP contribution in [0, 0.1) is 0 Å². The molecule has 0 aliphatic rings. The van der Waals surface area contributed by atoms with Gasteiger partial charge in [-0.2, -0.15) is 0 Å². The highest BCUT2D eigenvalue weighted by Crippen LogP contribution is 2.06. The van der Waals surface area contributed by atoms with Crippen LogP contribution in [0.2, 0.25) is 0 Å². The molecule has 0 spiro atoms. The Morgan fingerprint density at radius 3 is 2.88 bits per heavy atom. The maximum absolute atomic E-state index is 5.46. The smallest absolute Gasteiger partial charge is 0.0591 e. The zero-order chi connectivity index (χ0) is 12.3. The van der Waals surface area contributed by atoms with Crippen LogP contribution in [0.15, 0.2) is 24.4 Å². The molecule has 0 radical (unpaired) electrons. The molecule has 0 fully saturated rings. The van der Waals surface area contributed by atoms with E-state index < -0.39 is 0 Å². The Morgan fingerprint density at radius 1 is 1.29 bits per heavy atom. The lowest BCUT2D eigenvalue weighted by atomic mass is 10.2. The first-order chi connectivity index (χ1) is 8.34. The third kappa shape index (κ3) is 6.36. The number of methoxy groups -OCH3 is 1. The topological polar surface area (TPSA) is 43.4 Å². The van der Waals surface area contributed by atoms with E-state index in [1.807, 2.05) is 24.4 Å². The summed E-state index contributed by atoms with van der Waals surface area (Å²) < 4.78 is 10.4. The standard InChI is InChI=1S/C13H22N2O2/c1-12(13-6-3-4-7-15-13)14-8-11-17-10-5-9-16-2/h3-4,6-7,12,14H,5,8-11H2,1-2H3/t12-/m1/s1. The summed E-state index contributed by atoms with van der Waals surface area (Å²) in [7, 11) is 1.70. The lowest BCUT2D eigenvalue weighted by Crippen LogP contribution is -2.24. The first kappa shape index (κ1) is 14.1. The van der Waals surface area contributed by atoms with Gasteiger partial charge in [0.15, 0.2) is 0 Å². The van der Waals surface area contributed by atoms with E-state index in [1.54, 1.807) is 7.11 Å². The van der Waals surface area contributed by atoms with Crippen LogP contribution < -0.4 is 5.32 Å². The normalized spacial score (nSPS) is 12.6. The van der Waals surface area contributed by atoms with Gasteiger partial charge < -0.3 is 14.8 Å². The molecule has 1 aromatic rings. The third-order valence-electron chi connectivity index (χ3n) is 2.47. The van der Waals surface area contributed by atoms with Gasteiger partial charge in [-0.1, -0.05) is 6.07 Å². The van der Waals surface area contributed by atoms with Crippen LogP contribution >= 0.6 is 0 Å². The highest BCUT2D eigenvalue weighted by Gasteiger charge is 2.03. The highest BCUT2D eigenvalue weighted by molar-refractivity contribution is 5.07. The number of hydrogen-bond acceptors (Lipinski definition) is 4. The van der Waals surface area contributed by atoms with Gasteiger partial charge in [0.2, 0.25) is 0 Å². The van der Waals surface area contributed by atoms with E-state index in [2.05, 4.69) is 17.2 Å². The summed E-state index contributed by atoms with van der Waals surface area (Å²) >= 11 is 0. The molecule has 0 saturated carbocycles. The van der Waals surface area contributed by atoms with Crippen LogP contribution in [0.3, 0.4) is 0 Å². The number of pyridine rings is 1. The Hall–Kier alpha value is -0.970. The van der Waals surface area contributed by atoms with Crippen molar-refractivity contribution in [3.8, 4) is 0 Å². The number of aromatic nitrogens is 1. The van der Waals surface area contributed by atoms with Crippen molar-refractivity contribution in [2.24, 2.45) is 0 Å². The number of nitrogens with zero attached hydrogens (tertiary/aromatic N) is 1. The van der Waals surface area contributed by atoms with Gasteiger partial charge in [0.05, 0.1) is 12.3 Å². The van der Waals surface area contributed by atoms with E-state index in [9.17, 15) is 0 Å². The zero-order valence-corrected chi connectivity index (χ0v) is 10.7. The lowest BCUT2D eigenvalue weighted by Gasteiger charge is -2.13. The molecular formula is C13H22N2O2. The van der Waals surface area contributed by atoms with Crippen LogP contribution in [-0.2, 0) is 9.47 Å². The average Bonchev–Trinajstić information content (AvgIpc) is 2.38. The van der Waals surface area contributed by atoms with E-state index >= 15 is 0 Å². The Labute approximate surface area is 103 Å². The van der Waals surface area contributed by atoms with E-state index in [0.717, 1.165) is 38.5 Å². The molecule has 0 aromatic carbocycles. The molecule has 1 rings (SSSR count). The zero-order valence-electron chi connectivity index (χ0n) is 10.7. The molecule has 0 aliphatic heterocycles. The molecule has 96 valence electrons. The second-order valence-corrected chi connectivity index (χ2v) is 3.89. The molecule has 4 heteroatoms. The number of nitrogens with one attached hydrogen (secondary N) is 1. The van der Waals surface area contributed by atoms with E-state index in [1.165, 1.54) is 0 Å². The molecule has 1 N–H and O–H groups in total. The Kier molecular flexibility index (Phi) is 7.54. The van der Waals surface area contributed by atoms with E-state index in [-0.39, 0.29) is 6.04 Å². The predicted octanol–water partition coefficient (Wildman–Crippen LogP) is 1.79. The first-order valence-electron chi connectivity index (χ1n) is 6.05. The fraction of sp³-hybridized carbons (Fsp3) is 0.615. The summed E-state index contributed by atoms with van der Waals surface area (Å²) in [5.41, 5.74) is 1.06. The summed E-state index contributed by atoms with van der Waals surface area (Å²) in [4.78, 5) is 4.30. The minimum absolute atomic E-state index is 0.263. The Bertz CT molecular complexity index is 280. The average molecular weight is 238 g/mol. The molecule has 0 amide bonds. The molecule has 1 atom stereocenters. The van der Waals surface area contributed by atoms with Crippen LogP contribution in [0.5, 0.6) is 0 Å². The van der Waals surface area contributed by atoms with Crippen molar-refractivity contribution >= 4 is 0 Å². The summed E-state index contributed by atoms with van der Waals surface area (Å²) in [6.45, 7) is 5.18. The summed E-state index contributed by atoms with van der Waals surface area (Å²) in [6.07, 6.45) is 2.76. The van der Waals surface area contributed by atoms with Gasteiger partial charge in [0, 0.05) is 39.1 Å². The van der Waals surface area contributed by atoms with Gasteiger partial charge >= 0.3 is 0 Å². The number of rotatable bonds is 9. The maximum Gasteiger partial charge on any atom is 0.0591 e. The van der Waals surface area contributed by atoms with Crippen molar-refractivity contribution in [1.29, 1.82) is 0 Å². The monoisotopic (exact) mass is 238 g/mol. The van der Waals surface area contributed by atoms with Crippen LogP contribution in [0.4, 0.5) is 0 Å². The van der Waals surface area contributed by atoms with Crippen molar-refractivity contribution < 1.29 is 9.47 Å². The number of hydrogen-bond donors (Lipinski definition) is 1. The summed E-state index contributed by atoms with van der Waals surface area (Å²) in [5, 5.41) is 3.37. The highest BCUT2D eigenvalue weighted by atomic mass is 16.5. The molecular weight excluding hydrogens is 216 g/mol. The van der Waals surface area contributed by atoms with Gasteiger partial charge in [0.1, 0.15) is 0 Å². The van der Waals surface area contributed by atoms with Gasteiger partial charge in [-0.3, -0.25) is 4.98 Å². The Morgan fingerprint density at radius 2 is 2.18 bits per heavy atom. The van der Waals surface area contributed by atoms with E-state index in [4.69, 9.17) is 9.47 Å². The van der Waals surface area contributed by atoms with Gasteiger partial charge in [0.25, 0.3) is 0 Å². The second-order valence-electron chi connectivity index (χ2n) is 3.89. The van der Waals surface area contributed by atoms with Crippen molar-refractivity contribution in [2.45, 2.75) is 19.4 Å². The van der Waals surface area contributed by atoms with Gasteiger partial charge in [-0.25, -0.2) is 0 Å². The Balaban J connectivity index is 2.03. The van der Waals surface area contributed by atoms with Crippen LogP contribution in [0.25, 0.3) is 0 Å². The number of ether oxygens (including phenoxy) is 2. The molecule has 0 unspecified atom stereocenters. The largest absolute Gasteiger partial charge is 0.385 e. The molecule has 0 aliphatic carbocycles. The summed E-state index contributed by atoms with van der Waals surface area (Å²) in [5.74, 6) is 0.